The molecule has 0 radical (unpaired) electrons. The van der Waals surface area contributed by atoms with Gasteiger partial charge < -0.3 is 4.74 Å². The van der Waals surface area contributed by atoms with E-state index in [1.807, 2.05) is 12.1 Å². The van der Waals surface area contributed by atoms with Gasteiger partial charge in [0.15, 0.2) is 15.9 Å². The molecule has 1 unspecified atom stereocenters. The zero-order valence-electron chi connectivity index (χ0n) is 14.7. The number of Topliss-reactive ketones (excluding diaryl/α,β-unsaturated/α-hetero) is 1. The van der Waals surface area contributed by atoms with E-state index in [9.17, 15) is 13.2 Å². The predicted octanol–water partition coefficient (Wildman–Crippen LogP) is 4.18. The Morgan fingerprint density at radius 2 is 1.30 bits per heavy atom. The van der Waals surface area contributed by atoms with Gasteiger partial charge in [-0.1, -0.05) is 66.7 Å². The molecule has 3 aromatic rings. The molecule has 0 bridgehead atoms. The molecule has 0 aromatic heterocycles. The standard InChI is InChI=1S/C22H20O4S/c23-22(18-10-4-1-5-11-18)21(26-19-12-6-2-7-13-19)16-17-27(24,25)20-14-8-3-9-15-20/h1-15,21H,16-17H2. The third kappa shape index (κ3) is 5.05. The summed E-state index contributed by atoms with van der Waals surface area (Å²) in [7, 11) is -3.50. The summed E-state index contributed by atoms with van der Waals surface area (Å²) < 4.78 is 31.0. The van der Waals surface area contributed by atoms with Crippen LogP contribution in [0.4, 0.5) is 0 Å². The first kappa shape index (κ1) is 18.9. The molecule has 5 heteroatoms. The van der Waals surface area contributed by atoms with Gasteiger partial charge in [0.2, 0.25) is 5.78 Å². The maximum atomic E-state index is 12.9. The minimum Gasteiger partial charge on any atom is -0.482 e. The normalized spacial score (nSPS) is 12.3. The van der Waals surface area contributed by atoms with Crippen molar-refractivity contribution in [2.75, 3.05) is 5.75 Å². The lowest BCUT2D eigenvalue weighted by molar-refractivity contribution is 0.0788. The van der Waals surface area contributed by atoms with E-state index in [0.717, 1.165) is 0 Å². The Kier molecular flexibility index (Phi) is 6.04. The summed E-state index contributed by atoms with van der Waals surface area (Å²) in [4.78, 5) is 13.1. The number of benzene rings is 3. The maximum Gasteiger partial charge on any atom is 0.203 e. The van der Waals surface area contributed by atoms with E-state index in [0.29, 0.717) is 11.3 Å². The van der Waals surface area contributed by atoms with Crippen molar-refractivity contribution in [1.29, 1.82) is 0 Å². The second kappa shape index (κ2) is 8.64. The number of ketones is 1. The highest BCUT2D eigenvalue weighted by Gasteiger charge is 2.25. The molecule has 0 saturated carbocycles. The van der Waals surface area contributed by atoms with Crippen LogP contribution in [-0.4, -0.2) is 26.1 Å². The minimum atomic E-state index is -3.50. The topological polar surface area (TPSA) is 60.4 Å². The summed E-state index contributed by atoms with van der Waals surface area (Å²) in [5.74, 6) is 0.124. The molecule has 0 spiro atoms. The lowest BCUT2D eigenvalue weighted by Crippen LogP contribution is -2.30. The van der Waals surface area contributed by atoms with Crippen molar-refractivity contribution >= 4 is 15.6 Å². The number of hydrogen-bond donors (Lipinski definition) is 0. The molecule has 1 atom stereocenters. The molecule has 3 rings (SSSR count). The molecule has 0 heterocycles. The highest BCUT2D eigenvalue weighted by atomic mass is 32.2. The van der Waals surface area contributed by atoms with Crippen molar-refractivity contribution in [3.63, 3.8) is 0 Å². The van der Waals surface area contributed by atoms with Crippen LogP contribution in [0.2, 0.25) is 0 Å². The summed E-state index contributed by atoms with van der Waals surface area (Å²) in [6, 6.07) is 26.0. The summed E-state index contributed by atoms with van der Waals surface area (Å²) in [5.41, 5.74) is 0.496. The lowest BCUT2D eigenvalue weighted by atomic mass is 10.0. The number of rotatable bonds is 8. The van der Waals surface area contributed by atoms with Gasteiger partial charge in [0.25, 0.3) is 0 Å². The van der Waals surface area contributed by atoms with Crippen molar-refractivity contribution in [2.24, 2.45) is 0 Å². The van der Waals surface area contributed by atoms with Crippen molar-refractivity contribution < 1.29 is 17.9 Å². The van der Waals surface area contributed by atoms with Gasteiger partial charge in [-0.25, -0.2) is 8.42 Å². The molecular weight excluding hydrogens is 360 g/mol. The van der Waals surface area contributed by atoms with E-state index < -0.39 is 15.9 Å². The number of carbonyl (C=O) groups is 1. The first-order valence-electron chi connectivity index (χ1n) is 8.65. The van der Waals surface area contributed by atoms with Crippen molar-refractivity contribution in [2.45, 2.75) is 17.4 Å². The second-order valence-corrected chi connectivity index (χ2v) is 8.18. The SMILES string of the molecule is O=C(c1ccccc1)C(CCS(=O)(=O)c1ccccc1)Oc1ccccc1. The van der Waals surface area contributed by atoms with Crippen LogP contribution >= 0.6 is 0 Å². The van der Waals surface area contributed by atoms with Gasteiger partial charge in [-0.05, 0) is 24.3 Å². The molecule has 27 heavy (non-hydrogen) atoms. The number of para-hydroxylation sites is 1. The van der Waals surface area contributed by atoms with Gasteiger partial charge in [-0.15, -0.1) is 0 Å². The Labute approximate surface area is 159 Å². The van der Waals surface area contributed by atoms with E-state index in [4.69, 9.17) is 4.74 Å². The second-order valence-electron chi connectivity index (χ2n) is 6.07. The van der Waals surface area contributed by atoms with E-state index in [1.54, 1.807) is 78.9 Å². The summed E-state index contributed by atoms with van der Waals surface area (Å²) in [6.07, 6.45) is -0.812. The fraction of sp³-hybridized carbons (Fsp3) is 0.136. The molecule has 138 valence electrons. The first-order chi connectivity index (χ1) is 13.1. The van der Waals surface area contributed by atoms with Gasteiger partial charge in [0.1, 0.15) is 5.75 Å². The predicted molar refractivity (Wildman–Crippen MR) is 105 cm³/mol. The fourth-order valence-corrected chi connectivity index (χ4v) is 4.03. The van der Waals surface area contributed by atoms with Crippen LogP contribution in [0.5, 0.6) is 5.75 Å². The smallest absolute Gasteiger partial charge is 0.203 e. The van der Waals surface area contributed by atoms with Crippen LogP contribution in [0.15, 0.2) is 95.9 Å². The van der Waals surface area contributed by atoms with Crippen LogP contribution in [0.1, 0.15) is 16.8 Å². The van der Waals surface area contributed by atoms with Crippen molar-refractivity contribution in [3.8, 4) is 5.75 Å². The largest absolute Gasteiger partial charge is 0.482 e. The van der Waals surface area contributed by atoms with E-state index in [1.165, 1.54) is 0 Å². The van der Waals surface area contributed by atoms with E-state index in [2.05, 4.69) is 0 Å². The Bertz CT molecular complexity index is 969. The van der Waals surface area contributed by atoms with Crippen LogP contribution < -0.4 is 4.74 Å². The number of ether oxygens (including phenoxy) is 1. The molecule has 0 aliphatic carbocycles. The van der Waals surface area contributed by atoms with Gasteiger partial charge in [0.05, 0.1) is 10.6 Å². The first-order valence-corrected chi connectivity index (χ1v) is 10.3. The molecule has 0 aliphatic rings. The highest BCUT2D eigenvalue weighted by Crippen LogP contribution is 2.19. The Morgan fingerprint density at radius 3 is 1.89 bits per heavy atom. The summed E-state index contributed by atoms with van der Waals surface area (Å²) in [5, 5.41) is 0. The number of hydrogen-bond acceptors (Lipinski definition) is 4. The quantitative estimate of drug-likeness (QED) is 0.550. The fourth-order valence-electron chi connectivity index (χ4n) is 2.70. The van der Waals surface area contributed by atoms with Gasteiger partial charge in [-0.2, -0.15) is 0 Å². The summed E-state index contributed by atoms with van der Waals surface area (Å²) in [6.45, 7) is 0. The van der Waals surface area contributed by atoms with Crippen LogP contribution in [0.3, 0.4) is 0 Å². The van der Waals surface area contributed by atoms with Gasteiger partial charge >= 0.3 is 0 Å². The maximum absolute atomic E-state index is 12.9. The zero-order valence-corrected chi connectivity index (χ0v) is 15.5. The van der Waals surface area contributed by atoms with Crippen molar-refractivity contribution in [3.05, 3.63) is 96.6 Å². The number of sulfone groups is 1. The molecule has 0 saturated heterocycles. The van der Waals surface area contributed by atoms with Crippen LogP contribution in [0, 0.1) is 0 Å². The van der Waals surface area contributed by atoms with Gasteiger partial charge in [-0.3, -0.25) is 4.79 Å². The van der Waals surface area contributed by atoms with Crippen LogP contribution in [0.25, 0.3) is 0 Å². The molecule has 0 N–H and O–H groups in total. The van der Waals surface area contributed by atoms with E-state index >= 15 is 0 Å². The van der Waals surface area contributed by atoms with Crippen LogP contribution in [-0.2, 0) is 9.84 Å². The third-order valence-corrected chi connectivity index (χ3v) is 5.89. The molecule has 0 amide bonds. The molecular formula is C22H20O4S. The Balaban J connectivity index is 1.80. The molecule has 0 fully saturated rings. The Hall–Kier alpha value is -2.92. The average molecular weight is 380 g/mol. The lowest BCUT2D eigenvalue weighted by Gasteiger charge is -2.18. The number of carbonyl (C=O) groups excluding carboxylic acids is 1. The highest BCUT2D eigenvalue weighted by molar-refractivity contribution is 7.91. The molecule has 3 aromatic carbocycles. The molecule has 0 aliphatic heterocycles. The van der Waals surface area contributed by atoms with E-state index in [-0.39, 0.29) is 22.9 Å². The molecule has 4 nitrogen and oxygen atoms in total. The average Bonchev–Trinajstić information content (AvgIpc) is 2.72. The third-order valence-electron chi connectivity index (χ3n) is 4.12. The van der Waals surface area contributed by atoms with Gasteiger partial charge in [0, 0.05) is 12.0 Å². The minimum absolute atomic E-state index is 0.0693. The summed E-state index contributed by atoms with van der Waals surface area (Å²) >= 11 is 0. The van der Waals surface area contributed by atoms with Crippen molar-refractivity contribution in [1.82, 2.24) is 0 Å². The Morgan fingerprint density at radius 1 is 0.778 bits per heavy atom. The zero-order chi connectivity index (χ0) is 19.1. The monoisotopic (exact) mass is 380 g/mol.